The summed E-state index contributed by atoms with van der Waals surface area (Å²) in [5, 5.41) is 5.06. The highest BCUT2D eigenvalue weighted by Gasteiger charge is 2.18. The Morgan fingerprint density at radius 3 is 2.03 bits per heavy atom. The average Bonchev–Trinajstić information content (AvgIpc) is 2.72. The molecule has 2 N–H and O–H groups in total. The van der Waals surface area contributed by atoms with E-state index in [0.717, 1.165) is 5.56 Å². The van der Waals surface area contributed by atoms with Crippen molar-refractivity contribution in [2.45, 2.75) is 39.7 Å². The van der Waals surface area contributed by atoms with Gasteiger partial charge < -0.3 is 0 Å². The van der Waals surface area contributed by atoms with Crippen molar-refractivity contribution in [3.63, 3.8) is 0 Å². The normalized spacial score (nSPS) is 11.1. The van der Waals surface area contributed by atoms with Gasteiger partial charge in [0.15, 0.2) is 5.69 Å². The van der Waals surface area contributed by atoms with Crippen molar-refractivity contribution in [1.29, 1.82) is 0 Å². The second-order valence-corrected chi connectivity index (χ2v) is 7.42. The molecule has 0 spiro atoms. The molecule has 0 bridgehead atoms. The molecule has 0 unspecified atom stereocenters. The van der Waals surface area contributed by atoms with Crippen molar-refractivity contribution in [3.05, 3.63) is 75.7 Å². The van der Waals surface area contributed by atoms with Crippen LogP contribution in [-0.4, -0.2) is 21.6 Å². The van der Waals surface area contributed by atoms with Crippen molar-refractivity contribution in [2.75, 3.05) is 0 Å². The van der Waals surface area contributed by atoms with Crippen molar-refractivity contribution in [2.24, 2.45) is 0 Å². The summed E-state index contributed by atoms with van der Waals surface area (Å²) in [6.45, 7) is 7.77. The lowest BCUT2D eigenvalue weighted by atomic mass is 10.0. The fourth-order valence-electron chi connectivity index (χ4n) is 2.99. The maximum Gasteiger partial charge on any atom is 0.290 e. The van der Waals surface area contributed by atoms with Gasteiger partial charge in [0.2, 0.25) is 0 Å². The highest BCUT2D eigenvalue weighted by Crippen LogP contribution is 2.16. The summed E-state index contributed by atoms with van der Waals surface area (Å²) in [6, 6.07) is 13.8. The van der Waals surface area contributed by atoms with Gasteiger partial charge in [0.25, 0.3) is 17.4 Å². The zero-order valence-corrected chi connectivity index (χ0v) is 16.9. The van der Waals surface area contributed by atoms with Gasteiger partial charge in [-0.15, -0.1) is 0 Å². The van der Waals surface area contributed by atoms with Crippen molar-refractivity contribution < 1.29 is 9.59 Å². The summed E-state index contributed by atoms with van der Waals surface area (Å²) < 4.78 is 1.27. The number of nitrogens with zero attached hydrogens (tertiary/aromatic N) is 2. The SMILES string of the molecule is CC(C)c1ccc(C(=O)NNC(=O)c2nn(C(C)C)c(=O)c3ccccc23)cc1. The Bertz CT molecular complexity index is 1120. The zero-order chi connectivity index (χ0) is 21.1. The predicted octanol–water partition coefficient (Wildman–Crippen LogP) is 3.18. The van der Waals surface area contributed by atoms with Gasteiger partial charge in [0.1, 0.15) is 0 Å². The van der Waals surface area contributed by atoms with Crippen LogP contribution in [0.1, 0.15) is 66.1 Å². The quantitative estimate of drug-likeness (QED) is 0.667. The van der Waals surface area contributed by atoms with E-state index in [1.807, 2.05) is 26.0 Å². The van der Waals surface area contributed by atoms with Crippen molar-refractivity contribution >= 4 is 22.6 Å². The van der Waals surface area contributed by atoms with E-state index in [1.54, 1.807) is 36.4 Å². The van der Waals surface area contributed by atoms with Crippen LogP contribution < -0.4 is 16.4 Å². The molecule has 2 aromatic carbocycles. The third-order valence-electron chi connectivity index (χ3n) is 4.66. The summed E-state index contributed by atoms with van der Waals surface area (Å²) in [6.07, 6.45) is 0. The molecule has 3 rings (SSSR count). The lowest BCUT2D eigenvalue weighted by Crippen LogP contribution is -2.43. The summed E-state index contributed by atoms with van der Waals surface area (Å²) in [4.78, 5) is 37.6. The smallest absolute Gasteiger partial charge is 0.267 e. The number of carbonyl (C=O) groups excluding carboxylic acids is 2. The Balaban J connectivity index is 1.84. The van der Waals surface area contributed by atoms with Crippen molar-refractivity contribution in [3.8, 4) is 0 Å². The highest BCUT2D eigenvalue weighted by molar-refractivity contribution is 6.06. The van der Waals surface area contributed by atoms with E-state index in [-0.39, 0.29) is 17.3 Å². The molecular weight excluding hydrogens is 368 g/mol. The largest absolute Gasteiger partial charge is 0.290 e. The number of aromatic nitrogens is 2. The molecule has 3 aromatic rings. The number of fused-ring (bicyclic) bond motifs is 1. The first-order valence-electron chi connectivity index (χ1n) is 9.51. The van der Waals surface area contributed by atoms with Crippen LogP contribution in [0.5, 0.6) is 0 Å². The summed E-state index contributed by atoms with van der Waals surface area (Å²) in [5.74, 6) is -0.666. The fourth-order valence-corrected chi connectivity index (χ4v) is 2.99. The molecule has 0 fully saturated rings. The first kappa shape index (κ1) is 20.3. The number of hydrogen-bond donors (Lipinski definition) is 2. The number of hydrazine groups is 1. The number of amides is 2. The fraction of sp³-hybridized carbons (Fsp3) is 0.273. The third-order valence-corrected chi connectivity index (χ3v) is 4.66. The van der Waals surface area contributed by atoms with E-state index in [0.29, 0.717) is 22.3 Å². The van der Waals surface area contributed by atoms with Crippen LogP contribution in [-0.2, 0) is 0 Å². The summed E-state index contributed by atoms with van der Waals surface area (Å²) >= 11 is 0. The lowest BCUT2D eigenvalue weighted by Gasteiger charge is -2.14. The van der Waals surface area contributed by atoms with Gasteiger partial charge in [-0.3, -0.25) is 25.2 Å². The van der Waals surface area contributed by atoms with Gasteiger partial charge in [-0.05, 0) is 43.5 Å². The Labute approximate surface area is 168 Å². The highest BCUT2D eigenvalue weighted by atomic mass is 16.2. The van der Waals surface area contributed by atoms with Gasteiger partial charge in [0.05, 0.1) is 11.4 Å². The number of nitrogens with one attached hydrogen (secondary N) is 2. The summed E-state index contributed by atoms with van der Waals surface area (Å²) in [5.41, 5.74) is 6.17. The van der Waals surface area contributed by atoms with Crippen LogP contribution in [0, 0.1) is 0 Å². The topological polar surface area (TPSA) is 93.1 Å². The Morgan fingerprint density at radius 1 is 0.862 bits per heavy atom. The van der Waals surface area contributed by atoms with Crippen LogP contribution in [0.2, 0.25) is 0 Å². The minimum atomic E-state index is -0.595. The standard InChI is InChI=1S/C22H24N4O3/c1-13(2)15-9-11-16(12-10-15)20(27)23-24-21(28)19-17-7-5-6-8-18(17)22(29)26(25-19)14(3)4/h5-14H,1-4H3,(H,23,27)(H,24,28). The molecule has 0 aliphatic heterocycles. The van der Waals surface area contributed by atoms with E-state index >= 15 is 0 Å². The number of rotatable bonds is 4. The molecule has 150 valence electrons. The number of carbonyl (C=O) groups is 2. The molecule has 0 saturated carbocycles. The molecule has 7 heteroatoms. The summed E-state index contributed by atoms with van der Waals surface area (Å²) in [7, 11) is 0. The maximum atomic E-state index is 12.7. The van der Waals surface area contributed by atoms with Crippen LogP contribution in [0.3, 0.4) is 0 Å². The Morgan fingerprint density at radius 2 is 1.45 bits per heavy atom. The van der Waals surface area contributed by atoms with Gasteiger partial charge in [-0.2, -0.15) is 5.10 Å². The van der Waals surface area contributed by atoms with Gasteiger partial charge in [0, 0.05) is 10.9 Å². The van der Waals surface area contributed by atoms with E-state index < -0.39 is 11.8 Å². The molecule has 0 aliphatic rings. The molecule has 0 saturated heterocycles. The monoisotopic (exact) mass is 392 g/mol. The lowest BCUT2D eigenvalue weighted by molar-refractivity contribution is 0.0843. The van der Waals surface area contributed by atoms with Gasteiger partial charge >= 0.3 is 0 Å². The molecule has 0 atom stereocenters. The second-order valence-electron chi connectivity index (χ2n) is 7.42. The minimum Gasteiger partial charge on any atom is -0.267 e. The molecule has 7 nitrogen and oxygen atoms in total. The third kappa shape index (κ3) is 4.18. The van der Waals surface area contributed by atoms with E-state index in [1.165, 1.54) is 4.68 Å². The maximum absolute atomic E-state index is 12.7. The molecule has 1 aromatic heterocycles. The molecule has 0 radical (unpaired) electrons. The van der Waals surface area contributed by atoms with Crippen molar-refractivity contribution in [1.82, 2.24) is 20.6 Å². The zero-order valence-electron chi connectivity index (χ0n) is 16.9. The van der Waals surface area contributed by atoms with E-state index in [4.69, 9.17) is 0 Å². The number of hydrogen-bond acceptors (Lipinski definition) is 4. The van der Waals surface area contributed by atoms with E-state index in [2.05, 4.69) is 29.8 Å². The molecule has 1 heterocycles. The number of benzene rings is 2. The predicted molar refractivity (Wildman–Crippen MR) is 112 cm³/mol. The molecule has 0 aliphatic carbocycles. The van der Waals surface area contributed by atoms with Crippen LogP contribution in [0.4, 0.5) is 0 Å². The molecular formula is C22H24N4O3. The first-order valence-corrected chi connectivity index (χ1v) is 9.51. The average molecular weight is 392 g/mol. The van der Waals surface area contributed by atoms with E-state index in [9.17, 15) is 14.4 Å². The van der Waals surface area contributed by atoms with Crippen LogP contribution in [0.25, 0.3) is 10.8 Å². The van der Waals surface area contributed by atoms with Gasteiger partial charge in [-0.1, -0.05) is 44.2 Å². The van der Waals surface area contributed by atoms with Crippen LogP contribution in [0.15, 0.2) is 53.3 Å². The molecule has 2 amide bonds. The Hall–Kier alpha value is -3.48. The van der Waals surface area contributed by atoms with Crippen LogP contribution >= 0.6 is 0 Å². The Kier molecular flexibility index (Phi) is 5.77. The molecule has 29 heavy (non-hydrogen) atoms. The first-order chi connectivity index (χ1) is 13.8. The second kappa shape index (κ2) is 8.26. The minimum absolute atomic E-state index is 0.0735. The van der Waals surface area contributed by atoms with Gasteiger partial charge in [-0.25, -0.2) is 4.68 Å².